The summed E-state index contributed by atoms with van der Waals surface area (Å²) in [5, 5.41) is 9.65. The highest BCUT2D eigenvalue weighted by Gasteiger charge is 2.12. The van der Waals surface area contributed by atoms with Gasteiger partial charge in [-0.2, -0.15) is 0 Å². The molecule has 1 N–H and O–H groups in total. The van der Waals surface area contributed by atoms with Crippen LogP contribution in [0.4, 0.5) is 0 Å². The molecule has 0 heterocycles. The zero-order chi connectivity index (χ0) is 14.1. The van der Waals surface area contributed by atoms with Gasteiger partial charge < -0.3 is 5.11 Å². The fraction of sp³-hybridized carbons (Fsp3) is 0.294. The summed E-state index contributed by atoms with van der Waals surface area (Å²) < 4.78 is 0.971. The molecule has 0 amide bonds. The van der Waals surface area contributed by atoms with E-state index in [1.54, 1.807) is 18.7 Å². The van der Waals surface area contributed by atoms with Crippen LogP contribution in [0.15, 0.2) is 50.7 Å². The standard InChI is InChI=1S/C17H17BrOS/c1-11(19)16-8-7-15(10-17(16)18)20-14-6-5-12-3-2-4-13(12)9-14/h5-11,19H,2-4H2,1H3/t11-/m1/s1. The van der Waals surface area contributed by atoms with E-state index in [-0.39, 0.29) is 0 Å². The molecule has 2 aromatic carbocycles. The molecule has 0 aliphatic heterocycles. The molecule has 0 fully saturated rings. The van der Waals surface area contributed by atoms with E-state index in [9.17, 15) is 5.11 Å². The molecule has 0 bridgehead atoms. The highest BCUT2D eigenvalue weighted by atomic mass is 79.9. The first-order valence-electron chi connectivity index (χ1n) is 6.90. The maximum absolute atomic E-state index is 9.65. The summed E-state index contributed by atoms with van der Waals surface area (Å²) in [4.78, 5) is 2.49. The highest BCUT2D eigenvalue weighted by molar-refractivity contribution is 9.10. The molecule has 1 aliphatic rings. The minimum absolute atomic E-state index is 0.441. The van der Waals surface area contributed by atoms with Gasteiger partial charge in [0.1, 0.15) is 0 Å². The zero-order valence-electron chi connectivity index (χ0n) is 11.4. The lowest BCUT2D eigenvalue weighted by Gasteiger charge is -2.10. The summed E-state index contributed by atoms with van der Waals surface area (Å²) in [6, 6.07) is 13.0. The van der Waals surface area contributed by atoms with E-state index < -0.39 is 6.10 Å². The van der Waals surface area contributed by atoms with Crippen molar-refractivity contribution >= 4 is 27.7 Å². The van der Waals surface area contributed by atoms with E-state index in [1.165, 1.54) is 40.2 Å². The van der Waals surface area contributed by atoms with Gasteiger partial charge in [0.25, 0.3) is 0 Å². The minimum Gasteiger partial charge on any atom is -0.389 e. The largest absolute Gasteiger partial charge is 0.389 e. The van der Waals surface area contributed by atoms with Crippen molar-refractivity contribution in [3.63, 3.8) is 0 Å². The number of hydrogen-bond donors (Lipinski definition) is 1. The molecule has 0 saturated heterocycles. The number of benzene rings is 2. The Morgan fingerprint density at radius 1 is 1.05 bits per heavy atom. The predicted octanol–water partition coefficient (Wildman–Crippen LogP) is 5.14. The molecule has 20 heavy (non-hydrogen) atoms. The van der Waals surface area contributed by atoms with Gasteiger partial charge in [-0.25, -0.2) is 0 Å². The molecular formula is C17H17BrOS. The van der Waals surface area contributed by atoms with E-state index in [0.717, 1.165) is 10.0 Å². The average molecular weight is 349 g/mol. The fourth-order valence-corrected chi connectivity index (χ4v) is 4.44. The summed E-state index contributed by atoms with van der Waals surface area (Å²) in [5.74, 6) is 0. The van der Waals surface area contributed by atoms with Gasteiger partial charge in [0, 0.05) is 14.3 Å². The molecule has 0 radical (unpaired) electrons. The molecule has 2 aromatic rings. The monoisotopic (exact) mass is 348 g/mol. The summed E-state index contributed by atoms with van der Waals surface area (Å²) >= 11 is 5.31. The Morgan fingerprint density at radius 3 is 2.50 bits per heavy atom. The number of halogens is 1. The summed E-state index contributed by atoms with van der Waals surface area (Å²) in [6.07, 6.45) is 3.30. The molecule has 1 aliphatic carbocycles. The molecule has 104 valence electrons. The second kappa shape index (κ2) is 5.92. The molecular weight excluding hydrogens is 332 g/mol. The van der Waals surface area contributed by atoms with Crippen molar-refractivity contribution in [2.24, 2.45) is 0 Å². The van der Waals surface area contributed by atoms with Crippen molar-refractivity contribution in [2.45, 2.75) is 42.1 Å². The average Bonchev–Trinajstić information content (AvgIpc) is 2.85. The van der Waals surface area contributed by atoms with Crippen LogP contribution in [-0.4, -0.2) is 5.11 Å². The van der Waals surface area contributed by atoms with Crippen LogP contribution in [0, 0.1) is 0 Å². The van der Waals surface area contributed by atoms with Gasteiger partial charge in [-0.3, -0.25) is 0 Å². The van der Waals surface area contributed by atoms with Gasteiger partial charge in [0.15, 0.2) is 0 Å². The van der Waals surface area contributed by atoms with Gasteiger partial charge in [-0.05, 0) is 67.1 Å². The molecule has 0 spiro atoms. The molecule has 3 rings (SSSR count). The first-order valence-corrected chi connectivity index (χ1v) is 8.51. The molecule has 0 aromatic heterocycles. The third-order valence-corrected chi connectivity index (χ3v) is 5.39. The second-order valence-corrected chi connectivity index (χ2v) is 7.25. The van der Waals surface area contributed by atoms with Crippen LogP contribution >= 0.6 is 27.7 Å². The summed E-state index contributed by atoms with van der Waals surface area (Å²) in [7, 11) is 0. The minimum atomic E-state index is -0.441. The van der Waals surface area contributed by atoms with Gasteiger partial charge >= 0.3 is 0 Å². The normalized spacial score (nSPS) is 15.2. The second-order valence-electron chi connectivity index (χ2n) is 5.25. The van der Waals surface area contributed by atoms with Gasteiger partial charge in [-0.15, -0.1) is 0 Å². The van der Waals surface area contributed by atoms with Gasteiger partial charge in [0.2, 0.25) is 0 Å². The Bertz CT molecular complexity index is 637. The summed E-state index contributed by atoms with van der Waals surface area (Å²) in [6.45, 7) is 1.79. The Labute approximate surface area is 132 Å². The van der Waals surface area contributed by atoms with Gasteiger partial charge in [-0.1, -0.05) is 39.8 Å². The Balaban J connectivity index is 1.83. The van der Waals surface area contributed by atoms with Crippen molar-refractivity contribution in [3.05, 3.63) is 57.6 Å². The highest BCUT2D eigenvalue weighted by Crippen LogP contribution is 2.35. The first kappa shape index (κ1) is 14.2. The maximum Gasteiger partial charge on any atom is 0.0772 e. The number of aliphatic hydroxyl groups excluding tert-OH is 1. The third kappa shape index (κ3) is 2.95. The zero-order valence-corrected chi connectivity index (χ0v) is 13.8. The number of hydrogen-bond acceptors (Lipinski definition) is 2. The van der Waals surface area contributed by atoms with Crippen LogP contribution in [0.3, 0.4) is 0 Å². The van der Waals surface area contributed by atoms with Crippen molar-refractivity contribution < 1.29 is 5.11 Å². The molecule has 0 unspecified atom stereocenters. The SMILES string of the molecule is C[C@@H](O)c1ccc(Sc2ccc3c(c2)CCC3)cc1Br. The van der Waals surface area contributed by atoms with E-state index in [4.69, 9.17) is 0 Å². The first-order chi connectivity index (χ1) is 9.63. The van der Waals surface area contributed by atoms with Crippen LogP contribution in [0.25, 0.3) is 0 Å². The molecule has 1 nitrogen and oxygen atoms in total. The number of aliphatic hydroxyl groups is 1. The smallest absolute Gasteiger partial charge is 0.0772 e. The summed E-state index contributed by atoms with van der Waals surface area (Å²) in [5.41, 5.74) is 3.96. The van der Waals surface area contributed by atoms with Crippen LogP contribution < -0.4 is 0 Å². The topological polar surface area (TPSA) is 20.2 Å². The number of fused-ring (bicyclic) bond motifs is 1. The van der Waals surface area contributed by atoms with E-state index in [1.807, 2.05) is 6.07 Å². The van der Waals surface area contributed by atoms with Crippen molar-refractivity contribution in [2.75, 3.05) is 0 Å². The van der Waals surface area contributed by atoms with Crippen LogP contribution in [0.2, 0.25) is 0 Å². The fourth-order valence-electron chi connectivity index (χ4n) is 2.66. The molecule has 3 heteroatoms. The lowest BCUT2D eigenvalue weighted by molar-refractivity contribution is 0.198. The quantitative estimate of drug-likeness (QED) is 0.828. The van der Waals surface area contributed by atoms with Crippen molar-refractivity contribution in [3.8, 4) is 0 Å². The molecule has 1 atom stereocenters. The van der Waals surface area contributed by atoms with Crippen LogP contribution in [-0.2, 0) is 12.8 Å². The molecule has 0 saturated carbocycles. The number of aryl methyl sites for hydroxylation is 2. The van der Waals surface area contributed by atoms with E-state index in [2.05, 4.69) is 46.3 Å². The third-order valence-electron chi connectivity index (χ3n) is 3.73. The van der Waals surface area contributed by atoms with Crippen molar-refractivity contribution in [1.82, 2.24) is 0 Å². The van der Waals surface area contributed by atoms with Gasteiger partial charge in [0.05, 0.1) is 6.10 Å². The van der Waals surface area contributed by atoms with Crippen LogP contribution in [0.1, 0.15) is 36.1 Å². The van der Waals surface area contributed by atoms with E-state index in [0.29, 0.717) is 0 Å². The Hall–Kier alpha value is -0.770. The lowest BCUT2D eigenvalue weighted by atomic mass is 10.1. The van der Waals surface area contributed by atoms with E-state index >= 15 is 0 Å². The number of rotatable bonds is 3. The van der Waals surface area contributed by atoms with Crippen LogP contribution in [0.5, 0.6) is 0 Å². The predicted molar refractivity (Wildman–Crippen MR) is 87.4 cm³/mol. The maximum atomic E-state index is 9.65. The Morgan fingerprint density at radius 2 is 1.75 bits per heavy atom. The van der Waals surface area contributed by atoms with Crippen molar-refractivity contribution in [1.29, 1.82) is 0 Å². The lowest BCUT2D eigenvalue weighted by Crippen LogP contribution is -1.92. The Kier molecular flexibility index (Phi) is 4.20.